The third-order valence-corrected chi connectivity index (χ3v) is 5.23. The van der Waals surface area contributed by atoms with E-state index in [4.69, 9.17) is 0 Å². The molecule has 2 aliphatic heterocycles. The van der Waals surface area contributed by atoms with Crippen molar-refractivity contribution in [1.82, 2.24) is 9.80 Å². The Morgan fingerprint density at radius 3 is 2.54 bits per heavy atom. The predicted octanol–water partition coefficient (Wildman–Crippen LogP) is 1.83. The number of aliphatic hydroxyl groups excluding tert-OH is 1. The number of carbonyl (C=O) groups is 2. The summed E-state index contributed by atoms with van der Waals surface area (Å²) >= 11 is 0. The van der Waals surface area contributed by atoms with Crippen LogP contribution in [0.4, 0.5) is 0 Å². The standard InChI is InChI=1S/C19H26N2O3/c1-14-6-8-15(9-7-14)18(23)20-10-2-4-16(12-20)19(24)21-11-3-5-17(21)13-22/h6-9,16-17,22H,2-5,10-13H2,1H3/t16?,17-/m1/s1. The summed E-state index contributed by atoms with van der Waals surface area (Å²) in [5.41, 5.74) is 1.81. The van der Waals surface area contributed by atoms with Crippen molar-refractivity contribution < 1.29 is 14.7 Å². The highest BCUT2D eigenvalue weighted by atomic mass is 16.3. The van der Waals surface area contributed by atoms with Gasteiger partial charge in [-0.05, 0) is 44.7 Å². The van der Waals surface area contributed by atoms with E-state index in [9.17, 15) is 14.7 Å². The number of hydrogen-bond donors (Lipinski definition) is 1. The maximum absolute atomic E-state index is 12.8. The van der Waals surface area contributed by atoms with Crippen molar-refractivity contribution in [2.75, 3.05) is 26.2 Å². The first-order valence-electron chi connectivity index (χ1n) is 8.87. The van der Waals surface area contributed by atoms with Gasteiger partial charge in [-0.3, -0.25) is 9.59 Å². The molecule has 0 bridgehead atoms. The lowest BCUT2D eigenvalue weighted by Gasteiger charge is -2.35. The zero-order valence-electron chi connectivity index (χ0n) is 14.3. The number of likely N-dealkylation sites (tertiary alicyclic amines) is 2. The molecule has 5 heteroatoms. The lowest BCUT2D eigenvalue weighted by atomic mass is 9.95. The predicted molar refractivity (Wildman–Crippen MR) is 91.6 cm³/mol. The maximum Gasteiger partial charge on any atom is 0.253 e. The Bertz CT molecular complexity index is 599. The Morgan fingerprint density at radius 2 is 1.83 bits per heavy atom. The molecule has 0 saturated carbocycles. The molecule has 1 aromatic rings. The van der Waals surface area contributed by atoms with Crippen LogP contribution in [0.25, 0.3) is 0 Å². The summed E-state index contributed by atoms with van der Waals surface area (Å²) in [6.07, 6.45) is 3.51. The van der Waals surface area contributed by atoms with Crippen LogP contribution in [0.15, 0.2) is 24.3 Å². The summed E-state index contributed by atoms with van der Waals surface area (Å²) in [4.78, 5) is 29.1. The molecule has 2 fully saturated rings. The van der Waals surface area contributed by atoms with Crippen molar-refractivity contribution >= 4 is 11.8 Å². The van der Waals surface area contributed by atoms with E-state index >= 15 is 0 Å². The highest BCUT2D eigenvalue weighted by molar-refractivity contribution is 5.94. The van der Waals surface area contributed by atoms with Crippen LogP contribution in [0, 0.1) is 12.8 Å². The number of rotatable bonds is 3. The number of benzene rings is 1. The second kappa shape index (κ2) is 7.34. The largest absolute Gasteiger partial charge is 0.394 e. The molecule has 24 heavy (non-hydrogen) atoms. The van der Waals surface area contributed by atoms with Crippen molar-refractivity contribution in [2.45, 2.75) is 38.6 Å². The minimum absolute atomic E-state index is 0.00706. The monoisotopic (exact) mass is 330 g/mol. The molecule has 1 aromatic carbocycles. The molecule has 0 aromatic heterocycles. The van der Waals surface area contributed by atoms with Gasteiger partial charge in [0.1, 0.15) is 0 Å². The average molecular weight is 330 g/mol. The van der Waals surface area contributed by atoms with Crippen LogP contribution in [0.1, 0.15) is 41.6 Å². The number of nitrogens with zero attached hydrogens (tertiary/aromatic N) is 2. The fourth-order valence-corrected chi connectivity index (χ4v) is 3.79. The number of piperidine rings is 1. The van der Waals surface area contributed by atoms with Gasteiger partial charge in [0.25, 0.3) is 5.91 Å². The molecule has 2 aliphatic rings. The average Bonchev–Trinajstić information content (AvgIpc) is 3.10. The molecule has 0 radical (unpaired) electrons. The van der Waals surface area contributed by atoms with Crippen molar-refractivity contribution in [1.29, 1.82) is 0 Å². The van der Waals surface area contributed by atoms with Crippen molar-refractivity contribution in [3.63, 3.8) is 0 Å². The third-order valence-electron chi connectivity index (χ3n) is 5.23. The second-order valence-corrected chi connectivity index (χ2v) is 6.97. The van der Waals surface area contributed by atoms with Crippen LogP contribution >= 0.6 is 0 Å². The number of carbonyl (C=O) groups excluding carboxylic acids is 2. The van der Waals surface area contributed by atoms with Gasteiger partial charge in [0.2, 0.25) is 5.91 Å². The van der Waals surface area contributed by atoms with Crippen LogP contribution in [0.5, 0.6) is 0 Å². The summed E-state index contributed by atoms with van der Waals surface area (Å²) in [6.45, 7) is 3.95. The van der Waals surface area contributed by atoms with Gasteiger partial charge < -0.3 is 14.9 Å². The van der Waals surface area contributed by atoms with E-state index in [1.807, 2.05) is 36.1 Å². The van der Waals surface area contributed by atoms with Crippen LogP contribution in [-0.4, -0.2) is 59.0 Å². The Kier molecular flexibility index (Phi) is 5.19. The van der Waals surface area contributed by atoms with E-state index in [-0.39, 0.29) is 30.4 Å². The van der Waals surface area contributed by atoms with Gasteiger partial charge >= 0.3 is 0 Å². The molecule has 2 amide bonds. The third kappa shape index (κ3) is 3.46. The Labute approximate surface area is 143 Å². The van der Waals surface area contributed by atoms with Crippen LogP contribution in [0.3, 0.4) is 0 Å². The topological polar surface area (TPSA) is 60.9 Å². The second-order valence-electron chi connectivity index (χ2n) is 6.97. The van der Waals surface area contributed by atoms with E-state index in [0.717, 1.165) is 37.8 Å². The van der Waals surface area contributed by atoms with Crippen molar-refractivity contribution in [2.24, 2.45) is 5.92 Å². The minimum atomic E-state index is -0.139. The number of hydrogen-bond acceptors (Lipinski definition) is 3. The molecule has 1 unspecified atom stereocenters. The van der Waals surface area contributed by atoms with Crippen molar-refractivity contribution in [3.8, 4) is 0 Å². The molecular weight excluding hydrogens is 304 g/mol. The zero-order valence-corrected chi connectivity index (χ0v) is 14.3. The van der Waals surface area contributed by atoms with Crippen LogP contribution < -0.4 is 0 Å². The molecule has 2 heterocycles. The highest BCUT2D eigenvalue weighted by Crippen LogP contribution is 2.25. The fourth-order valence-electron chi connectivity index (χ4n) is 3.79. The van der Waals surface area contributed by atoms with Gasteiger partial charge in [-0.15, -0.1) is 0 Å². The normalized spacial score (nSPS) is 24.2. The van der Waals surface area contributed by atoms with E-state index < -0.39 is 0 Å². The number of aryl methyl sites for hydroxylation is 1. The quantitative estimate of drug-likeness (QED) is 0.920. The van der Waals surface area contributed by atoms with Gasteiger partial charge in [-0.25, -0.2) is 0 Å². The van der Waals surface area contributed by atoms with Gasteiger partial charge in [0.05, 0.1) is 18.6 Å². The van der Waals surface area contributed by atoms with E-state index in [1.54, 1.807) is 4.90 Å². The summed E-state index contributed by atoms with van der Waals surface area (Å²) in [7, 11) is 0. The smallest absolute Gasteiger partial charge is 0.253 e. The molecule has 2 saturated heterocycles. The molecule has 0 spiro atoms. The maximum atomic E-state index is 12.8. The Balaban J connectivity index is 1.66. The summed E-state index contributed by atoms with van der Waals surface area (Å²) in [6, 6.07) is 7.54. The molecule has 1 N–H and O–H groups in total. The van der Waals surface area contributed by atoms with Gasteiger partial charge in [0, 0.05) is 25.2 Å². The molecule has 0 aliphatic carbocycles. The minimum Gasteiger partial charge on any atom is -0.394 e. The van der Waals surface area contributed by atoms with Crippen molar-refractivity contribution in [3.05, 3.63) is 35.4 Å². The first-order valence-corrected chi connectivity index (χ1v) is 8.87. The number of amides is 2. The Morgan fingerprint density at radius 1 is 1.12 bits per heavy atom. The summed E-state index contributed by atoms with van der Waals surface area (Å²) < 4.78 is 0. The molecule has 5 nitrogen and oxygen atoms in total. The van der Waals surface area contributed by atoms with Gasteiger partial charge in [0.15, 0.2) is 0 Å². The van der Waals surface area contributed by atoms with Crippen LogP contribution in [-0.2, 0) is 4.79 Å². The lowest BCUT2D eigenvalue weighted by Crippen LogP contribution is -2.48. The SMILES string of the molecule is Cc1ccc(C(=O)N2CCCC(C(=O)N3CCC[C@@H]3CO)C2)cc1. The molecule has 3 rings (SSSR count). The van der Waals surface area contributed by atoms with Gasteiger partial charge in [-0.2, -0.15) is 0 Å². The summed E-state index contributed by atoms with van der Waals surface area (Å²) in [5.74, 6) is -0.0270. The first-order chi connectivity index (χ1) is 11.6. The van der Waals surface area contributed by atoms with E-state index in [0.29, 0.717) is 18.7 Å². The summed E-state index contributed by atoms with van der Waals surface area (Å²) in [5, 5.41) is 9.44. The molecule has 2 atom stereocenters. The van der Waals surface area contributed by atoms with E-state index in [2.05, 4.69) is 0 Å². The fraction of sp³-hybridized carbons (Fsp3) is 0.579. The molecular formula is C19H26N2O3. The first kappa shape index (κ1) is 17.0. The molecule has 130 valence electrons. The number of aliphatic hydroxyl groups is 1. The van der Waals surface area contributed by atoms with Crippen LogP contribution in [0.2, 0.25) is 0 Å². The highest BCUT2D eigenvalue weighted by Gasteiger charge is 2.35. The van der Waals surface area contributed by atoms with E-state index in [1.165, 1.54) is 0 Å². The van der Waals surface area contributed by atoms with Gasteiger partial charge in [-0.1, -0.05) is 17.7 Å². The Hall–Kier alpha value is -1.88. The zero-order chi connectivity index (χ0) is 17.1. The lowest BCUT2D eigenvalue weighted by molar-refractivity contribution is -0.138.